The number of halogens is 3. The minimum absolute atomic E-state index is 0.352. The van der Waals surface area contributed by atoms with Crippen LogP contribution in [0.3, 0.4) is 0 Å². The fraction of sp³-hybridized carbons (Fsp3) is 0.235. The fourth-order valence-electron chi connectivity index (χ4n) is 2.02. The monoisotopic (exact) mass is 386 g/mol. The number of carbonyl (C=O) groups is 1. The van der Waals surface area contributed by atoms with E-state index in [1.807, 2.05) is 30.3 Å². The molecule has 24 heavy (non-hydrogen) atoms. The average molecular weight is 388 g/mol. The van der Waals surface area contributed by atoms with Crippen molar-refractivity contribution < 1.29 is 9.53 Å². The third kappa shape index (κ3) is 5.56. The molecule has 0 saturated carbocycles. The van der Waals surface area contributed by atoms with Crippen molar-refractivity contribution in [2.24, 2.45) is 0 Å². The third-order valence-corrected chi connectivity index (χ3v) is 3.96. The number of ether oxygens (including phenoxy) is 1. The molecule has 1 unspecified atom stereocenters. The predicted molar refractivity (Wildman–Crippen MR) is 97.8 cm³/mol. The van der Waals surface area contributed by atoms with E-state index >= 15 is 0 Å². The first-order valence-corrected chi connectivity index (χ1v) is 8.32. The van der Waals surface area contributed by atoms with E-state index < -0.39 is 9.96 Å². The van der Waals surface area contributed by atoms with Gasteiger partial charge in [-0.1, -0.05) is 65.1 Å². The minimum atomic E-state index is -1.70. The van der Waals surface area contributed by atoms with Crippen LogP contribution >= 0.6 is 34.8 Å². The zero-order chi connectivity index (χ0) is 17.6. The summed E-state index contributed by atoms with van der Waals surface area (Å²) in [4.78, 5) is 12.3. The first kappa shape index (κ1) is 18.9. The van der Waals surface area contributed by atoms with Gasteiger partial charge >= 0.3 is 0 Å². The zero-order valence-electron chi connectivity index (χ0n) is 12.9. The lowest BCUT2D eigenvalue weighted by Gasteiger charge is -2.26. The highest BCUT2D eigenvalue weighted by molar-refractivity contribution is 6.68. The van der Waals surface area contributed by atoms with Crippen LogP contribution in [0.4, 0.5) is 0 Å². The molecule has 4 nitrogen and oxygen atoms in total. The second kappa shape index (κ2) is 8.58. The van der Waals surface area contributed by atoms with Crippen LogP contribution in [-0.2, 0) is 6.54 Å². The molecule has 0 saturated heterocycles. The molecule has 0 aliphatic rings. The Kier molecular flexibility index (Phi) is 6.75. The molecule has 0 fully saturated rings. The Hall–Kier alpha value is -1.46. The normalized spacial score (nSPS) is 12.5. The summed E-state index contributed by atoms with van der Waals surface area (Å²) < 4.78 is 3.37. The van der Waals surface area contributed by atoms with E-state index in [9.17, 15) is 4.79 Å². The van der Waals surface area contributed by atoms with Crippen molar-refractivity contribution >= 4 is 40.7 Å². The van der Waals surface area contributed by atoms with Crippen LogP contribution in [0.5, 0.6) is 5.75 Å². The Morgan fingerprint density at radius 1 is 1.08 bits per heavy atom. The van der Waals surface area contributed by atoms with Gasteiger partial charge in [-0.15, -0.1) is 0 Å². The average Bonchev–Trinajstić information content (AvgIpc) is 2.58. The Bertz CT molecular complexity index is 658. The van der Waals surface area contributed by atoms with Gasteiger partial charge in [-0.25, -0.2) is 0 Å². The van der Waals surface area contributed by atoms with Crippen LogP contribution in [0.1, 0.15) is 15.9 Å². The summed E-state index contributed by atoms with van der Waals surface area (Å²) >= 11 is 17.9. The van der Waals surface area contributed by atoms with Crippen molar-refractivity contribution in [1.82, 2.24) is 10.6 Å². The molecule has 0 aliphatic heterocycles. The summed E-state index contributed by atoms with van der Waals surface area (Å²) in [6.45, 7) is 0.447. The highest BCUT2D eigenvalue weighted by atomic mass is 35.6. The summed E-state index contributed by atoms with van der Waals surface area (Å²) in [5, 5.41) is 5.74. The molecular weight excluding hydrogens is 371 g/mol. The zero-order valence-corrected chi connectivity index (χ0v) is 15.2. The second-order valence-corrected chi connectivity index (χ2v) is 7.41. The molecule has 0 bridgehead atoms. The van der Waals surface area contributed by atoms with Crippen molar-refractivity contribution in [2.75, 3.05) is 7.11 Å². The van der Waals surface area contributed by atoms with Crippen LogP contribution in [0.25, 0.3) is 0 Å². The van der Waals surface area contributed by atoms with Crippen LogP contribution in [0.2, 0.25) is 0 Å². The molecule has 128 valence electrons. The van der Waals surface area contributed by atoms with Gasteiger partial charge in [0.1, 0.15) is 11.9 Å². The van der Waals surface area contributed by atoms with Gasteiger partial charge in [-0.05, 0) is 29.8 Å². The van der Waals surface area contributed by atoms with E-state index in [2.05, 4.69) is 10.6 Å². The van der Waals surface area contributed by atoms with Crippen molar-refractivity contribution in [2.45, 2.75) is 16.5 Å². The molecule has 2 N–H and O–H groups in total. The van der Waals surface area contributed by atoms with E-state index in [0.29, 0.717) is 17.9 Å². The Morgan fingerprint density at radius 3 is 2.25 bits per heavy atom. The topological polar surface area (TPSA) is 50.4 Å². The molecule has 0 spiro atoms. The van der Waals surface area contributed by atoms with E-state index in [1.165, 1.54) is 0 Å². The number of rotatable bonds is 6. The van der Waals surface area contributed by atoms with Gasteiger partial charge < -0.3 is 10.1 Å². The molecule has 0 aliphatic carbocycles. The summed E-state index contributed by atoms with van der Waals surface area (Å²) in [5.41, 5.74) is 1.45. The minimum Gasteiger partial charge on any atom is -0.497 e. The van der Waals surface area contributed by atoms with Crippen LogP contribution in [-0.4, -0.2) is 23.0 Å². The van der Waals surface area contributed by atoms with Gasteiger partial charge in [0.2, 0.25) is 3.79 Å². The van der Waals surface area contributed by atoms with Gasteiger partial charge in [0.15, 0.2) is 0 Å². The summed E-state index contributed by atoms with van der Waals surface area (Å²) in [7, 11) is 1.56. The first-order chi connectivity index (χ1) is 11.4. The van der Waals surface area contributed by atoms with Crippen LogP contribution < -0.4 is 15.4 Å². The maximum atomic E-state index is 12.3. The number of carbonyl (C=O) groups excluding carboxylic acids is 1. The first-order valence-electron chi connectivity index (χ1n) is 7.19. The number of hydrogen-bond acceptors (Lipinski definition) is 3. The van der Waals surface area contributed by atoms with Gasteiger partial charge in [0.25, 0.3) is 5.91 Å². The Balaban J connectivity index is 2.03. The lowest BCUT2D eigenvalue weighted by molar-refractivity contribution is 0.0929. The predicted octanol–water partition coefficient (Wildman–Crippen LogP) is 3.91. The smallest absolute Gasteiger partial charge is 0.252 e. The molecule has 7 heteroatoms. The van der Waals surface area contributed by atoms with Gasteiger partial charge in [-0.3, -0.25) is 10.1 Å². The van der Waals surface area contributed by atoms with Crippen molar-refractivity contribution in [3.05, 3.63) is 65.7 Å². The van der Waals surface area contributed by atoms with Crippen LogP contribution in [0.15, 0.2) is 54.6 Å². The van der Waals surface area contributed by atoms with Gasteiger partial charge in [-0.2, -0.15) is 0 Å². The number of methoxy groups -OCH3 is 1. The summed E-state index contributed by atoms with van der Waals surface area (Å²) in [5.74, 6) is 0.307. The molecule has 2 aromatic carbocycles. The molecule has 0 aromatic heterocycles. The van der Waals surface area contributed by atoms with E-state index in [-0.39, 0.29) is 5.91 Å². The highest BCUT2D eigenvalue weighted by Gasteiger charge is 2.33. The highest BCUT2D eigenvalue weighted by Crippen LogP contribution is 2.29. The number of benzene rings is 2. The number of hydrogen-bond donors (Lipinski definition) is 2. The van der Waals surface area contributed by atoms with Crippen LogP contribution in [0, 0.1) is 0 Å². The molecule has 1 atom stereocenters. The second-order valence-electron chi connectivity index (χ2n) is 5.04. The lowest BCUT2D eigenvalue weighted by atomic mass is 10.2. The Labute approximate surface area is 156 Å². The molecular formula is C17H17Cl3N2O2. The van der Waals surface area contributed by atoms with E-state index in [1.54, 1.807) is 31.4 Å². The number of nitrogens with one attached hydrogen (secondary N) is 2. The number of amides is 1. The number of alkyl halides is 3. The largest absolute Gasteiger partial charge is 0.497 e. The third-order valence-electron chi connectivity index (χ3n) is 3.31. The Morgan fingerprint density at radius 2 is 1.71 bits per heavy atom. The maximum Gasteiger partial charge on any atom is 0.252 e. The molecule has 1 amide bonds. The summed E-state index contributed by atoms with van der Waals surface area (Å²) in [6.07, 6.45) is -0.850. The summed E-state index contributed by atoms with van der Waals surface area (Å²) in [6, 6.07) is 16.3. The standard InChI is InChI=1S/C17H17Cl3N2O2/c1-24-14-9-7-13(8-10-14)15(23)22-16(17(18,19)20)21-11-12-5-3-2-4-6-12/h2-10,16,21H,11H2,1H3,(H,22,23). The molecule has 2 rings (SSSR count). The van der Waals surface area contributed by atoms with Gasteiger partial charge in [0, 0.05) is 12.1 Å². The molecule has 0 radical (unpaired) electrons. The lowest BCUT2D eigenvalue weighted by Crippen LogP contribution is -2.53. The molecule has 0 heterocycles. The quantitative estimate of drug-likeness (QED) is 0.583. The maximum absolute atomic E-state index is 12.3. The van der Waals surface area contributed by atoms with Gasteiger partial charge in [0.05, 0.1) is 7.11 Å². The van der Waals surface area contributed by atoms with Crippen molar-refractivity contribution in [1.29, 1.82) is 0 Å². The van der Waals surface area contributed by atoms with E-state index in [4.69, 9.17) is 39.5 Å². The SMILES string of the molecule is COc1ccc(C(=O)NC(NCc2ccccc2)C(Cl)(Cl)Cl)cc1. The van der Waals surface area contributed by atoms with Crippen molar-refractivity contribution in [3.8, 4) is 5.75 Å². The van der Waals surface area contributed by atoms with Crippen molar-refractivity contribution in [3.63, 3.8) is 0 Å². The fourth-order valence-corrected chi connectivity index (χ4v) is 2.42. The van der Waals surface area contributed by atoms with E-state index in [0.717, 1.165) is 5.56 Å². The molecule has 2 aromatic rings.